The summed E-state index contributed by atoms with van der Waals surface area (Å²) in [6.45, 7) is 1.96. The van der Waals surface area contributed by atoms with Gasteiger partial charge in [-0.3, -0.25) is 3.59 Å². The molecule has 0 saturated carbocycles. The minimum Gasteiger partial charge on any atom is -0.283 e. The van der Waals surface area contributed by atoms with Gasteiger partial charge in [-0.1, -0.05) is 0 Å². The van der Waals surface area contributed by atoms with E-state index >= 15 is 0 Å². The third-order valence-electron chi connectivity index (χ3n) is 1.92. The maximum atomic E-state index is 12.8. The van der Waals surface area contributed by atoms with E-state index in [0.29, 0.717) is 0 Å². The van der Waals surface area contributed by atoms with Crippen LogP contribution in [0.2, 0.25) is 0 Å². The molecule has 0 radical (unpaired) electrons. The van der Waals surface area contributed by atoms with E-state index in [1.165, 1.54) is 6.07 Å². The first-order valence-electron chi connectivity index (χ1n) is 3.62. The van der Waals surface area contributed by atoms with Crippen molar-refractivity contribution in [3.05, 3.63) is 35.8 Å². The van der Waals surface area contributed by atoms with Gasteiger partial charge < -0.3 is 0 Å². The topological polar surface area (TPSA) is 4.93 Å². The molecule has 0 amide bonds. The van der Waals surface area contributed by atoms with E-state index in [2.05, 4.69) is 16.1 Å². The summed E-state index contributed by atoms with van der Waals surface area (Å²) in [5.74, 6) is -0.190. The highest BCUT2D eigenvalue weighted by molar-refractivity contribution is 9.08. The molecule has 1 aromatic carbocycles. The van der Waals surface area contributed by atoms with Crippen LogP contribution in [0.4, 0.5) is 4.39 Å². The van der Waals surface area contributed by atoms with Crippen molar-refractivity contribution in [3.63, 3.8) is 0 Å². The van der Waals surface area contributed by atoms with Crippen LogP contribution in [0.1, 0.15) is 5.56 Å². The van der Waals surface area contributed by atoms with E-state index in [1.54, 1.807) is 12.1 Å². The Morgan fingerprint density at radius 3 is 2.92 bits per heavy atom. The van der Waals surface area contributed by atoms with Gasteiger partial charge in [-0.25, -0.2) is 4.39 Å². The Bertz CT molecular complexity index is 433. The predicted molar refractivity (Wildman–Crippen MR) is 51.0 cm³/mol. The molecule has 62 valence electrons. The van der Waals surface area contributed by atoms with Gasteiger partial charge in [-0.15, -0.1) is 0 Å². The lowest BCUT2D eigenvalue weighted by molar-refractivity contribution is 0.629. The molecule has 0 aliphatic heterocycles. The molecular formula is C9H7BrFN. The van der Waals surface area contributed by atoms with Gasteiger partial charge in [-0.2, -0.15) is 0 Å². The molecule has 1 aromatic heterocycles. The largest absolute Gasteiger partial charge is 0.283 e. The molecule has 0 saturated heterocycles. The Labute approximate surface area is 78.1 Å². The molecule has 2 rings (SSSR count). The number of aryl methyl sites for hydroxylation is 1. The molecule has 1 nitrogen and oxygen atoms in total. The summed E-state index contributed by atoms with van der Waals surface area (Å²) in [4.78, 5) is 0. The van der Waals surface area contributed by atoms with Crippen LogP contribution in [0.15, 0.2) is 24.4 Å². The highest BCUT2D eigenvalue weighted by atomic mass is 79.9. The molecule has 2 aromatic rings. The van der Waals surface area contributed by atoms with E-state index in [1.807, 2.05) is 16.7 Å². The summed E-state index contributed by atoms with van der Waals surface area (Å²) < 4.78 is 14.6. The summed E-state index contributed by atoms with van der Waals surface area (Å²) in [6, 6.07) is 4.76. The third kappa shape index (κ3) is 1.05. The van der Waals surface area contributed by atoms with Crippen molar-refractivity contribution in [1.29, 1.82) is 0 Å². The lowest BCUT2D eigenvalue weighted by Gasteiger charge is -1.93. The van der Waals surface area contributed by atoms with Crippen molar-refractivity contribution in [2.75, 3.05) is 0 Å². The first kappa shape index (κ1) is 7.80. The SMILES string of the molecule is Cc1cn(Br)c2ccc(F)cc12. The molecule has 0 N–H and O–H groups in total. The van der Waals surface area contributed by atoms with Gasteiger partial charge in [0.2, 0.25) is 0 Å². The van der Waals surface area contributed by atoms with Gasteiger partial charge >= 0.3 is 0 Å². The van der Waals surface area contributed by atoms with E-state index in [9.17, 15) is 4.39 Å². The fourth-order valence-electron chi connectivity index (χ4n) is 1.32. The molecule has 0 bridgehead atoms. The predicted octanol–water partition coefficient (Wildman–Crippen LogP) is 3.25. The van der Waals surface area contributed by atoms with Crippen LogP contribution in [-0.4, -0.2) is 3.59 Å². The Hall–Kier alpha value is -0.830. The first-order valence-corrected chi connectivity index (χ1v) is 4.33. The molecule has 0 fully saturated rings. The second kappa shape index (κ2) is 2.59. The zero-order chi connectivity index (χ0) is 8.72. The average Bonchev–Trinajstić information content (AvgIpc) is 2.28. The van der Waals surface area contributed by atoms with Gasteiger partial charge in [-0.05, 0) is 30.7 Å². The van der Waals surface area contributed by atoms with Crippen molar-refractivity contribution in [2.45, 2.75) is 6.92 Å². The third-order valence-corrected chi connectivity index (χ3v) is 2.51. The molecule has 0 unspecified atom stereocenters. The number of fused-ring (bicyclic) bond motifs is 1. The monoisotopic (exact) mass is 227 g/mol. The second-order valence-corrected chi connectivity index (χ2v) is 3.55. The Kier molecular flexibility index (Phi) is 1.68. The highest BCUT2D eigenvalue weighted by Gasteiger charge is 2.03. The van der Waals surface area contributed by atoms with Crippen molar-refractivity contribution < 1.29 is 4.39 Å². The molecule has 0 aliphatic rings. The van der Waals surface area contributed by atoms with E-state index in [0.717, 1.165) is 16.5 Å². The number of aromatic nitrogens is 1. The molecular weight excluding hydrogens is 221 g/mol. The van der Waals surface area contributed by atoms with E-state index in [4.69, 9.17) is 0 Å². The quantitative estimate of drug-likeness (QED) is 0.652. The number of benzene rings is 1. The van der Waals surface area contributed by atoms with Gasteiger partial charge in [0, 0.05) is 11.6 Å². The molecule has 0 aliphatic carbocycles. The zero-order valence-corrected chi connectivity index (χ0v) is 8.10. The smallest absolute Gasteiger partial charge is 0.123 e. The Balaban J connectivity index is 2.90. The number of hydrogen-bond acceptors (Lipinski definition) is 0. The summed E-state index contributed by atoms with van der Waals surface area (Å²) in [6.07, 6.45) is 1.92. The van der Waals surface area contributed by atoms with Crippen LogP contribution in [0.5, 0.6) is 0 Å². The van der Waals surface area contributed by atoms with E-state index < -0.39 is 0 Å². The number of nitrogens with zero attached hydrogens (tertiary/aromatic N) is 1. The van der Waals surface area contributed by atoms with Crippen LogP contribution in [0, 0.1) is 12.7 Å². The van der Waals surface area contributed by atoms with E-state index in [-0.39, 0.29) is 5.82 Å². The minimum atomic E-state index is -0.190. The van der Waals surface area contributed by atoms with Crippen LogP contribution < -0.4 is 0 Å². The van der Waals surface area contributed by atoms with Gasteiger partial charge in [0.1, 0.15) is 5.82 Å². The summed E-state index contributed by atoms with van der Waals surface area (Å²) in [5.41, 5.74) is 2.07. The molecule has 0 atom stereocenters. The summed E-state index contributed by atoms with van der Waals surface area (Å²) in [7, 11) is 0. The fourth-order valence-corrected chi connectivity index (χ4v) is 1.94. The summed E-state index contributed by atoms with van der Waals surface area (Å²) in [5, 5.41) is 0.951. The molecule has 0 spiro atoms. The highest BCUT2D eigenvalue weighted by Crippen LogP contribution is 2.22. The van der Waals surface area contributed by atoms with Crippen molar-refractivity contribution in [1.82, 2.24) is 3.59 Å². The van der Waals surface area contributed by atoms with Crippen molar-refractivity contribution in [3.8, 4) is 0 Å². The normalized spacial score (nSPS) is 10.9. The average molecular weight is 228 g/mol. The number of halogens is 2. The number of hydrogen-bond donors (Lipinski definition) is 0. The van der Waals surface area contributed by atoms with Gasteiger partial charge in [0.15, 0.2) is 0 Å². The van der Waals surface area contributed by atoms with Crippen LogP contribution >= 0.6 is 16.1 Å². The van der Waals surface area contributed by atoms with Crippen molar-refractivity contribution in [2.24, 2.45) is 0 Å². The maximum absolute atomic E-state index is 12.8. The van der Waals surface area contributed by atoms with Crippen LogP contribution in [0.25, 0.3) is 10.9 Å². The second-order valence-electron chi connectivity index (χ2n) is 2.78. The maximum Gasteiger partial charge on any atom is 0.123 e. The summed E-state index contributed by atoms with van der Waals surface area (Å²) >= 11 is 3.34. The van der Waals surface area contributed by atoms with Gasteiger partial charge in [0.05, 0.1) is 21.7 Å². The number of rotatable bonds is 0. The van der Waals surface area contributed by atoms with Crippen molar-refractivity contribution >= 4 is 27.1 Å². The van der Waals surface area contributed by atoms with Gasteiger partial charge in [0.25, 0.3) is 0 Å². The molecule has 12 heavy (non-hydrogen) atoms. The van der Waals surface area contributed by atoms with Crippen LogP contribution in [0.3, 0.4) is 0 Å². The Morgan fingerprint density at radius 2 is 2.17 bits per heavy atom. The fraction of sp³-hybridized carbons (Fsp3) is 0.111. The minimum absolute atomic E-state index is 0.190. The standard InChI is InChI=1S/C9H7BrFN/c1-6-5-12(10)9-3-2-7(11)4-8(6)9/h2-5H,1H3. The molecule has 3 heteroatoms. The lowest BCUT2D eigenvalue weighted by atomic mass is 10.2. The Morgan fingerprint density at radius 1 is 1.42 bits per heavy atom. The van der Waals surface area contributed by atoms with Crippen LogP contribution in [-0.2, 0) is 0 Å². The first-order chi connectivity index (χ1) is 5.68. The lowest BCUT2D eigenvalue weighted by Crippen LogP contribution is -1.76. The zero-order valence-electron chi connectivity index (χ0n) is 6.51. The molecule has 1 heterocycles.